The molecule has 0 aromatic carbocycles. The van der Waals surface area contributed by atoms with E-state index in [0.29, 0.717) is 11.5 Å². The number of aliphatic imine (C=N–C) groups is 3. The summed E-state index contributed by atoms with van der Waals surface area (Å²) in [6, 6.07) is 0. The normalized spacial score (nSPS) is 31.5. The summed E-state index contributed by atoms with van der Waals surface area (Å²) in [5, 5.41) is 0. The fourth-order valence-electron chi connectivity index (χ4n) is 2.92. The molecule has 0 spiro atoms. The van der Waals surface area contributed by atoms with Crippen molar-refractivity contribution in [2.75, 3.05) is 13.3 Å². The molecule has 0 amide bonds. The van der Waals surface area contributed by atoms with Gasteiger partial charge in [-0.3, -0.25) is 9.52 Å². The van der Waals surface area contributed by atoms with Crippen LogP contribution in [0.3, 0.4) is 0 Å². The van der Waals surface area contributed by atoms with Crippen LogP contribution in [-0.2, 0) is 22.9 Å². The summed E-state index contributed by atoms with van der Waals surface area (Å²) in [5.74, 6) is 0.364. The van der Waals surface area contributed by atoms with Gasteiger partial charge in [-0.15, -0.1) is 0 Å². The first-order chi connectivity index (χ1) is 12.4. The van der Waals surface area contributed by atoms with Gasteiger partial charge < -0.3 is 56.3 Å². The van der Waals surface area contributed by atoms with Crippen LogP contribution in [-0.4, -0.2) is 69.9 Å². The number of fused-ring (bicyclic) bond motifs is 1. The molecule has 3 aliphatic rings. The highest BCUT2D eigenvalue weighted by molar-refractivity contribution is 7.46. The second kappa shape index (κ2) is 8.93. The van der Waals surface area contributed by atoms with Crippen molar-refractivity contribution >= 4 is 33.5 Å². The molecule has 0 aromatic rings. The molecule has 29 heavy (non-hydrogen) atoms. The van der Waals surface area contributed by atoms with Crippen molar-refractivity contribution in [3.8, 4) is 0 Å². The Bertz CT molecular complexity index is 792. The Hall–Kier alpha value is -1.13. The van der Waals surface area contributed by atoms with Crippen LogP contribution >= 0.6 is 15.6 Å². The second-order valence-corrected chi connectivity index (χ2v) is 8.55. The summed E-state index contributed by atoms with van der Waals surface area (Å²) in [5.41, 5.74) is 5.34. The van der Waals surface area contributed by atoms with Crippen molar-refractivity contribution in [3.63, 3.8) is 0 Å². The van der Waals surface area contributed by atoms with Crippen LogP contribution in [0.5, 0.6) is 0 Å². The van der Waals surface area contributed by atoms with Gasteiger partial charge >= 0.3 is 7.82 Å². The van der Waals surface area contributed by atoms with E-state index in [1.165, 1.54) is 6.34 Å². The number of quaternary nitrogens is 2. The predicted octanol–water partition coefficient (Wildman–Crippen LogP) is -1.99. The fourth-order valence-corrected chi connectivity index (χ4v) is 3.82. The van der Waals surface area contributed by atoms with Crippen LogP contribution < -0.4 is 27.8 Å². The molecule has 3 aliphatic heterocycles. The lowest BCUT2D eigenvalue weighted by atomic mass is 10.1. The molecule has 1 unspecified atom stereocenters. The number of rotatable bonds is 6. The van der Waals surface area contributed by atoms with E-state index in [9.17, 15) is 18.9 Å². The molecule has 4 atom stereocenters. The molecular weight excluding hydrogens is 436 g/mol. The lowest BCUT2D eigenvalue weighted by molar-refractivity contribution is -0.345. The molecule has 0 radical (unpaired) electrons. The highest BCUT2D eigenvalue weighted by atomic mass is 31.2. The predicted molar refractivity (Wildman–Crippen MR) is 98.4 cm³/mol. The van der Waals surface area contributed by atoms with Crippen LogP contribution in [0, 0.1) is 0 Å². The van der Waals surface area contributed by atoms with Gasteiger partial charge in [0.25, 0.3) is 0 Å². The zero-order valence-electron chi connectivity index (χ0n) is 15.9. The number of amidine groups is 1. The lowest BCUT2D eigenvalue weighted by Gasteiger charge is -2.33. The molecule has 3 rings (SSSR count). The Labute approximate surface area is 165 Å². The number of phosphoric acid groups is 2. The monoisotopic (exact) mass is 461 g/mol. The van der Waals surface area contributed by atoms with Gasteiger partial charge in [0.05, 0.1) is 20.5 Å². The zero-order chi connectivity index (χ0) is 20.0. The number of hydrogen-bond donors (Lipinski definition) is 5. The van der Waals surface area contributed by atoms with Crippen molar-refractivity contribution in [1.29, 1.82) is 0 Å². The quantitative estimate of drug-likeness (QED) is 0.270. The third kappa shape index (κ3) is 6.18. The summed E-state index contributed by atoms with van der Waals surface area (Å²) in [4.78, 5) is 53.6. The Balaban J connectivity index is 0.00000210. The number of ether oxygens (including phenoxy) is 1. The maximum atomic E-state index is 11.0. The van der Waals surface area contributed by atoms with Crippen molar-refractivity contribution in [3.05, 3.63) is 0 Å². The molecule has 168 valence electrons. The first kappa shape index (κ1) is 25.9. The summed E-state index contributed by atoms with van der Waals surface area (Å²) in [6.07, 6.45) is -2.20. The maximum Gasteiger partial charge on any atom is 0.469 e. The fraction of sp³-hybridized carbons (Fsp3) is 0.727. The van der Waals surface area contributed by atoms with E-state index in [2.05, 4.69) is 24.0 Å². The molecule has 0 aromatic heterocycles. The zero-order valence-corrected chi connectivity index (χ0v) is 17.7. The summed E-state index contributed by atoms with van der Waals surface area (Å²) in [7, 11) is -10.2. The molecule has 1 saturated heterocycles. The minimum absolute atomic E-state index is 0. The highest BCUT2D eigenvalue weighted by Gasteiger charge is 2.46. The van der Waals surface area contributed by atoms with Crippen LogP contribution in [0.4, 0.5) is 0 Å². The van der Waals surface area contributed by atoms with Gasteiger partial charge in [0.1, 0.15) is 31.1 Å². The SMILES string of the molecule is CC1(N)N=CN=C2C1=NCN2[C@H]1C[C@H](OP(=O)([O-])[O-])[C@@H](COP(=O)(O)O)O1.[NH4+].[NH4+]. The minimum Gasteiger partial charge on any atom is -0.790 e. The first-order valence-corrected chi connectivity index (χ1v) is 10.6. The van der Waals surface area contributed by atoms with Crippen molar-refractivity contribution in [2.24, 2.45) is 20.7 Å². The molecular formula is C11H25N7O9P2. The van der Waals surface area contributed by atoms with Gasteiger partial charge in [-0.1, -0.05) is 0 Å². The molecule has 18 heteroatoms. The Morgan fingerprint density at radius 2 is 2.07 bits per heavy atom. The van der Waals surface area contributed by atoms with E-state index in [0.717, 1.165) is 0 Å². The largest absolute Gasteiger partial charge is 0.790 e. The molecule has 0 aliphatic carbocycles. The summed E-state index contributed by atoms with van der Waals surface area (Å²) in [6.45, 7) is 1.03. The summed E-state index contributed by atoms with van der Waals surface area (Å²) >= 11 is 0. The molecule has 0 bridgehead atoms. The average Bonchev–Trinajstić information content (AvgIpc) is 3.07. The number of nitrogens with zero attached hydrogens (tertiary/aromatic N) is 4. The van der Waals surface area contributed by atoms with Gasteiger partial charge in [-0.05, 0) is 6.92 Å². The highest BCUT2D eigenvalue weighted by Crippen LogP contribution is 2.40. The van der Waals surface area contributed by atoms with Gasteiger partial charge in [0, 0.05) is 6.42 Å². The van der Waals surface area contributed by atoms with Crippen molar-refractivity contribution in [2.45, 2.75) is 37.4 Å². The molecule has 1 fully saturated rings. The molecule has 16 nitrogen and oxygen atoms in total. The van der Waals surface area contributed by atoms with Crippen LogP contribution in [0.25, 0.3) is 0 Å². The van der Waals surface area contributed by atoms with Gasteiger partial charge in [0.2, 0.25) is 0 Å². The van der Waals surface area contributed by atoms with E-state index in [1.54, 1.807) is 11.8 Å². The minimum atomic E-state index is -5.37. The van der Waals surface area contributed by atoms with Crippen LogP contribution in [0.2, 0.25) is 0 Å². The third-order valence-electron chi connectivity index (χ3n) is 4.05. The standard InChI is InChI=1S/C11H19N5O9P2.2H3N/c1-11(12)9-10(13-4-15-11)16(5-14-9)8-2-6(25-27(20,21)22)7(24-8)3-23-26(17,18)19;;/h4,6-8H,2-3,5,12H2,1H3,(H2,17,18,19)(H2,20,21,22);2*1H3/t6-,7+,8+,11?;;/m0../s1. The van der Waals surface area contributed by atoms with E-state index in [4.69, 9.17) is 20.3 Å². The van der Waals surface area contributed by atoms with Gasteiger partial charge in [-0.2, -0.15) is 0 Å². The Kier molecular flexibility index (Phi) is 7.98. The topological polar surface area (TPSA) is 288 Å². The molecule has 12 N–H and O–H groups in total. The molecule has 3 heterocycles. The lowest BCUT2D eigenvalue weighted by Crippen LogP contribution is -2.52. The average molecular weight is 461 g/mol. The summed E-state index contributed by atoms with van der Waals surface area (Å²) < 4.78 is 36.3. The number of hydrogen-bond acceptors (Lipinski definition) is 12. The maximum absolute atomic E-state index is 11.0. The van der Waals surface area contributed by atoms with E-state index >= 15 is 0 Å². The van der Waals surface area contributed by atoms with Gasteiger partial charge in [-0.25, -0.2) is 14.5 Å². The van der Waals surface area contributed by atoms with Crippen LogP contribution in [0.1, 0.15) is 13.3 Å². The van der Waals surface area contributed by atoms with Crippen molar-refractivity contribution < 1.29 is 42.5 Å². The Morgan fingerprint density at radius 1 is 1.41 bits per heavy atom. The Morgan fingerprint density at radius 3 is 2.66 bits per heavy atom. The smallest absolute Gasteiger partial charge is 0.469 e. The van der Waals surface area contributed by atoms with E-state index in [1.807, 2.05) is 0 Å². The van der Waals surface area contributed by atoms with Crippen molar-refractivity contribution in [1.82, 2.24) is 17.2 Å². The van der Waals surface area contributed by atoms with E-state index in [-0.39, 0.29) is 25.4 Å². The van der Waals surface area contributed by atoms with E-state index < -0.39 is 46.4 Å². The second-order valence-electron chi connectivity index (χ2n) is 6.21. The third-order valence-corrected chi connectivity index (χ3v) is 5.06. The molecule has 0 saturated carbocycles. The first-order valence-electron chi connectivity index (χ1n) is 7.64. The van der Waals surface area contributed by atoms with Gasteiger partial charge in [0.15, 0.2) is 11.5 Å². The number of nitrogens with two attached hydrogens (primary N) is 1. The number of phosphoric ester groups is 2. The van der Waals surface area contributed by atoms with Crippen LogP contribution in [0.15, 0.2) is 15.0 Å².